The van der Waals surface area contributed by atoms with Gasteiger partial charge in [0.1, 0.15) is 17.4 Å². The van der Waals surface area contributed by atoms with E-state index in [0.717, 1.165) is 45.8 Å². The first-order valence-electron chi connectivity index (χ1n) is 19.8. The SMILES string of the molecule is CC(=O)CN.CCN.CCN.COC(CN)OC.NCC(O)CO.NCN1C(=O)C=CC1=O.NCNC(=O)CCSSc1ccccn1.NCNC(=O)CN1C(=O)C=CC1=O.NCSSCN. The maximum atomic E-state index is 11.0. The number of ketones is 1. The number of imide groups is 2. The number of Topliss-reactive ketones (excluding diaryl/α,β-unsaturated/α-hetero) is 1. The fourth-order valence-electron chi connectivity index (χ4n) is 2.81. The van der Waals surface area contributed by atoms with Crippen LogP contribution in [0.25, 0.3) is 0 Å². The number of aliphatic hydroxyl groups is 2. The lowest BCUT2D eigenvalue weighted by Crippen LogP contribution is -2.42. The third-order valence-corrected chi connectivity index (χ3v) is 9.81. The van der Waals surface area contributed by atoms with Crippen LogP contribution >= 0.6 is 43.2 Å². The zero-order chi connectivity index (χ0) is 52.8. The number of aliphatic hydroxyl groups excluding tert-OH is 2. The minimum Gasteiger partial charge on any atom is -0.394 e. The van der Waals surface area contributed by atoms with Gasteiger partial charge in [-0.15, -0.1) is 0 Å². The molecule has 6 amide bonds. The van der Waals surface area contributed by atoms with Crippen LogP contribution in [0.2, 0.25) is 0 Å². The number of methoxy groups -OCH3 is 2. The fourth-order valence-corrected chi connectivity index (χ4v) is 5.44. The highest BCUT2D eigenvalue weighted by atomic mass is 33.1. The van der Waals surface area contributed by atoms with E-state index in [1.54, 1.807) is 63.6 Å². The summed E-state index contributed by atoms with van der Waals surface area (Å²) in [6.45, 7) is 7.12. The summed E-state index contributed by atoms with van der Waals surface area (Å²) in [5.74, 6) is 0.0282. The minimum absolute atomic E-state index is 0.00776. The molecule has 0 fully saturated rings. The molecule has 0 aromatic carbocycles. The maximum absolute atomic E-state index is 11.0. The van der Waals surface area contributed by atoms with Crippen LogP contribution in [0.1, 0.15) is 27.2 Å². The zero-order valence-corrected chi connectivity index (χ0v) is 42.3. The van der Waals surface area contributed by atoms with Crippen LogP contribution in [0.15, 0.2) is 53.7 Å². The first-order chi connectivity index (χ1) is 31.9. The van der Waals surface area contributed by atoms with Gasteiger partial charge in [0.05, 0.1) is 39.3 Å². The van der Waals surface area contributed by atoms with E-state index >= 15 is 0 Å². The highest BCUT2D eigenvalue weighted by Gasteiger charge is 2.25. The van der Waals surface area contributed by atoms with Gasteiger partial charge in [-0.1, -0.05) is 52.3 Å². The van der Waals surface area contributed by atoms with Crippen LogP contribution in [-0.4, -0.2) is 176 Å². The summed E-state index contributed by atoms with van der Waals surface area (Å²) in [7, 11) is 9.46. The summed E-state index contributed by atoms with van der Waals surface area (Å²) < 4.78 is 9.40. The van der Waals surface area contributed by atoms with Gasteiger partial charge in [0.2, 0.25) is 11.8 Å². The Morgan fingerprint density at radius 2 is 1.15 bits per heavy atom. The second-order valence-electron chi connectivity index (χ2n) is 11.1. The molecule has 24 N–H and O–H groups in total. The van der Waals surface area contributed by atoms with E-state index in [2.05, 4.69) is 15.6 Å². The number of amides is 6. The lowest BCUT2D eigenvalue weighted by atomic mass is 10.4. The molecule has 0 aliphatic carbocycles. The van der Waals surface area contributed by atoms with Crippen LogP contribution in [-0.2, 0) is 43.0 Å². The van der Waals surface area contributed by atoms with Crippen molar-refractivity contribution in [3.8, 4) is 0 Å². The minimum atomic E-state index is -0.731. The molecule has 0 bridgehead atoms. The van der Waals surface area contributed by atoms with Crippen molar-refractivity contribution >= 4 is 84.4 Å². The van der Waals surface area contributed by atoms with Gasteiger partial charge in [-0.3, -0.25) is 43.4 Å². The predicted molar refractivity (Wildman–Crippen MR) is 269 cm³/mol. The summed E-state index contributed by atoms with van der Waals surface area (Å²) in [5, 5.41) is 22.1. The maximum Gasteiger partial charge on any atom is 0.254 e. The molecule has 1 unspecified atom stereocenters. The standard InChI is InChI=1S/C9H13N3OS2.C7H9N3O3.C5H6N2O2.C4H11NO2.C3H9NO2.C3H7NO.C2H8N2S2.2C2H7N/c10-7-12-8(13)4-6-14-15-9-3-1-2-5-11-9;8-4-9-5(11)3-10-6(12)1-2-7(10)13;6-3-7-4(8)1-2-5(7)9;1-6-4(3-5)7-2;4-1-3(6)2-5;1-3(5)2-4;3-1-5-6-2-4;2*1-2-3/h1-3,5H,4,6-7,10H2,(H,12,13);1-2H,3-4,8H2,(H,9,11);1-2H,3,6H2;4H,3,5H2,1-2H3;3,5-6H,1-2,4H2;2,4H2,1H3;1-4H2;2*2-3H2,1H3. The number of ether oxygens (including phenoxy) is 2. The van der Waals surface area contributed by atoms with Crippen molar-refractivity contribution in [2.45, 2.75) is 44.6 Å². The first-order valence-corrected chi connectivity index (χ1v) is 24.6. The topological polar surface area (TPSA) is 482 Å². The summed E-state index contributed by atoms with van der Waals surface area (Å²) in [6, 6.07) is 5.76. The van der Waals surface area contributed by atoms with Gasteiger partial charge in [0, 0.05) is 81.7 Å². The molecule has 0 saturated carbocycles. The quantitative estimate of drug-likeness (QED) is 0.0269. The smallest absolute Gasteiger partial charge is 0.254 e. The Balaban J connectivity index is -0.000000164. The van der Waals surface area contributed by atoms with Gasteiger partial charge in [0.25, 0.3) is 23.6 Å². The number of rotatable bonds is 19. The van der Waals surface area contributed by atoms with Gasteiger partial charge in [-0.05, 0) is 42.9 Å². The summed E-state index contributed by atoms with van der Waals surface area (Å²) in [5.41, 5.74) is 50.0. The molecule has 1 aromatic rings. The largest absolute Gasteiger partial charge is 0.394 e. The Hall–Kier alpha value is -3.64. The summed E-state index contributed by atoms with van der Waals surface area (Å²) in [4.78, 5) is 80.6. The van der Waals surface area contributed by atoms with Crippen molar-refractivity contribution in [2.75, 3.05) is 97.6 Å². The number of hydrogen-bond acceptors (Lipinski definition) is 26. The van der Waals surface area contributed by atoms with Crippen molar-refractivity contribution in [1.82, 2.24) is 25.4 Å². The number of nitrogens with one attached hydrogen (secondary N) is 2. The van der Waals surface area contributed by atoms with Crippen LogP contribution in [0.5, 0.6) is 0 Å². The third kappa shape index (κ3) is 54.8. The molecule has 1 atom stereocenters. The van der Waals surface area contributed by atoms with E-state index in [9.17, 15) is 33.6 Å². The Bertz CT molecular complexity index is 1390. The van der Waals surface area contributed by atoms with Crippen molar-refractivity contribution in [3.63, 3.8) is 0 Å². The van der Waals surface area contributed by atoms with Gasteiger partial charge in [-0.25, -0.2) is 4.98 Å². The highest BCUT2D eigenvalue weighted by molar-refractivity contribution is 8.77. The van der Waals surface area contributed by atoms with Gasteiger partial charge < -0.3 is 87.7 Å². The molecule has 0 radical (unpaired) electrons. The van der Waals surface area contributed by atoms with Crippen LogP contribution in [0.3, 0.4) is 0 Å². The molecule has 67 heavy (non-hydrogen) atoms. The second-order valence-corrected chi connectivity index (χ2v) is 16.1. The number of aromatic nitrogens is 1. The highest BCUT2D eigenvalue weighted by Crippen LogP contribution is 2.29. The van der Waals surface area contributed by atoms with E-state index < -0.39 is 23.8 Å². The van der Waals surface area contributed by atoms with E-state index in [0.29, 0.717) is 24.7 Å². The van der Waals surface area contributed by atoms with Crippen LogP contribution in [0, 0.1) is 0 Å². The molecular weight excluding hydrogens is 959 g/mol. The van der Waals surface area contributed by atoms with E-state index in [1.807, 2.05) is 32.0 Å². The monoisotopic (exact) mass is 1040 g/mol. The van der Waals surface area contributed by atoms with Crippen molar-refractivity contribution < 1.29 is 53.2 Å². The molecular formula is C37H77N15O11S4. The Morgan fingerprint density at radius 1 is 0.716 bits per heavy atom. The summed E-state index contributed by atoms with van der Waals surface area (Å²) in [6.07, 6.45) is 5.93. The van der Waals surface area contributed by atoms with Gasteiger partial charge in [-0.2, -0.15) is 0 Å². The zero-order valence-electron chi connectivity index (χ0n) is 39.0. The molecule has 3 heterocycles. The number of pyridine rings is 1. The predicted octanol–water partition coefficient (Wildman–Crippen LogP) is -4.46. The number of hydrogen-bond donors (Lipinski definition) is 14. The normalized spacial score (nSPS) is 11.9. The van der Waals surface area contributed by atoms with E-state index in [4.69, 9.17) is 77.0 Å². The molecule has 26 nitrogen and oxygen atoms in total. The van der Waals surface area contributed by atoms with Crippen molar-refractivity contribution in [3.05, 3.63) is 48.7 Å². The molecule has 2 aliphatic rings. The number of carbonyl (C=O) groups excluding carboxylic acids is 7. The lowest BCUT2D eigenvalue weighted by Gasteiger charge is -2.12. The van der Waals surface area contributed by atoms with E-state index in [1.165, 1.54) is 19.1 Å². The number of nitrogens with zero attached hydrogens (tertiary/aromatic N) is 3. The van der Waals surface area contributed by atoms with Gasteiger partial charge >= 0.3 is 0 Å². The molecule has 1 aromatic heterocycles. The molecule has 0 saturated heterocycles. The number of nitrogens with two attached hydrogens (primary N) is 10. The Morgan fingerprint density at radius 3 is 1.42 bits per heavy atom. The Labute approximate surface area is 409 Å². The molecule has 390 valence electrons. The van der Waals surface area contributed by atoms with Crippen LogP contribution in [0.4, 0.5) is 0 Å². The van der Waals surface area contributed by atoms with Gasteiger partial charge in [0.15, 0.2) is 6.29 Å². The summed E-state index contributed by atoms with van der Waals surface area (Å²) >= 11 is 0. The number of carbonyl (C=O) groups is 7. The van der Waals surface area contributed by atoms with Crippen molar-refractivity contribution in [1.29, 1.82) is 0 Å². The first kappa shape index (κ1) is 74.9. The van der Waals surface area contributed by atoms with Crippen molar-refractivity contribution in [2.24, 2.45) is 57.3 Å². The average molecular weight is 1040 g/mol. The Kier molecular flexibility index (Phi) is 65.4. The van der Waals surface area contributed by atoms with Crippen LogP contribution < -0.4 is 68.0 Å². The fraction of sp³-hybridized carbons (Fsp3) is 0.568. The van der Waals surface area contributed by atoms with E-state index in [-0.39, 0.29) is 76.0 Å². The molecule has 3 rings (SSSR count). The average Bonchev–Trinajstić information content (AvgIpc) is 3.82. The molecule has 2 aliphatic heterocycles. The molecule has 30 heteroatoms. The lowest BCUT2D eigenvalue weighted by molar-refractivity contribution is -0.141. The third-order valence-electron chi connectivity index (χ3n) is 5.79. The molecule has 0 spiro atoms. The second kappa shape index (κ2) is 58.5.